The molecule has 6 rings (SSSR count). The van der Waals surface area contributed by atoms with Crippen molar-refractivity contribution in [1.82, 2.24) is 15.2 Å². The lowest BCUT2D eigenvalue weighted by molar-refractivity contribution is 0.163. The summed E-state index contributed by atoms with van der Waals surface area (Å²) in [5.41, 5.74) is 3.47. The third kappa shape index (κ3) is 4.28. The van der Waals surface area contributed by atoms with Crippen molar-refractivity contribution in [3.8, 4) is 17.6 Å². The van der Waals surface area contributed by atoms with E-state index in [2.05, 4.69) is 38.3 Å². The number of likely N-dealkylation sites (tertiary alicyclic amines) is 1. The van der Waals surface area contributed by atoms with E-state index >= 15 is 0 Å². The van der Waals surface area contributed by atoms with Crippen LogP contribution in [0, 0.1) is 0 Å². The van der Waals surface area contributed by atoms with Crippen LogP contribution in [0.5, 0.6) is 17.6 Å². The zero-order valence-corrected chi connectivity index (χ0v) is 19.7. The van der Waals surface area contributed by atoms with E-state index in [4.69, 9.17) is 18.6 Å². The summed E-state index contributed by atoms with van der Waals surface area (Å²) >= 11 is 0. The SMILES string of the molecule is COc1cc2c(o1)N(CN1CCC(NCc3ccc4c(n3)OCCO4)CC1)C1CCC=CC1=C2. The molecule has 0 aromatic carbocycles. The van der Waals surface area contributed by atoms with Crippen LogP contribution >= 0.6 is 0 Å². The molecule has 34 heavy (non-hydrogen) atoms. The summed E-state index contributed by atoms with van der Waals surface area (Å²) in [6.07, 6.45) is 11.2. The molecule has 0 amide bonds. The van der Waals surface area contributed by atoms with Gasteiger partial charge in [-0.3, -0.25) is 4.90 Å². The van der Waals surface area contributed by atoms with E-state index in [9.17, 15) is 0 Å². The van der Waals surface area contributed by atoms with E-state index in [0.717, 1.165) is 74.9 Å². The molecule has 0 bridgehead atoms. The van der Waals surface area contributed by atoms with Crippen LogP contribution in [0.4, 0.5) is 5.88 Å². The van der Waals surface area contributed by atoms with Crippen molar-refractivity contribution in [3.63, 3.8) is 0 Å². The van der Waals surface area contributed by atoms with Gasteiger partial charge in [-0.1, -0.05) is 12.2 Å². The molecule has 180 valence electrons. The number of methoxy groups -OCH3 is 1. The van der Waals surface area contributed by atoms with Crippen LogP contribution in [-0.2, 0) is 6.54 Å². The maximum Gasteiger partial charge on any atom is 0.286 e. The second-order valence-electron chi connectivity index (χ2n) is 9.36. The van der Waals surface area contributed by atoms with Gasteiger partial charge in [-0.25, -0.2) is 4.98 Å². The van der Waals surface area contributed by atoms with E-state index in [-0.39, 0.29) is 0 Å². The number of piperidine rings is 1. The molecule has 0 radical (unpaired) electrons. The normalized spacial score (nSPS) is 22.2. The highest BCUT2D eigenvalue weighted by molar-refractivity contribution is 5.74. The number of furan rings is 1. The molecule has 1 N–H and O–H groups in total. The van der Waals surface area contributed by atoms with Crippen molar-refractivity contribution in [3.05, 3.63) is 47.2 Å². The summed E-state index contributed by atoms with van der Waals surface area (Å²) in [4.78, 5) is 9.58. The molecule has 1 unspecified atom stereocenters. The van der Waals surface area contributed by atoms with Gasteiger partial charge in [0.2, 0.25) is 5.88 Å². The summed E-state index contributed by atoms with van der Waals surface area (Å²) in [5.74, 6) is 2.86. The van der Waals surface area contributed by atoms with E-state index in [0.29, 0.717) is 37.1 Å². The lowest BCUT2D eigenvalue weighted by Crippen LogP contribution is -2.50. The Morgan fingerprint density at radius 3 is 2.91 bits per heavy atom. The molecule has 3 aliphatic heterocycles. The van der Waals surface area contributed by atoms with Crippen molar-refractivity contribution >= 4 is 12.0 Å². The molecule has 2 aromatic rings. The van der Waals surface area contributed by atoms with Crippen molar-refractivity contribution in [2.45, 2.75) is 44.3 Å². The fourth-order valence-electron chi connectivity index (χ4n) is 5.33. The molecule has 1 fully saturated rings. The molecular formula is C26H32N4O4. The number of allylic oxidation sites excluding steroid dienone is 1. The number of hydrogen-bond donors (Lipinski definition) is 1. The molecule has 5 heterocycles. The van der Waals surface area contributed by atoms with Gasteiger partial charge in [0.15, 0.2) is 5.75 Å². The van der Waals surface area contributed by atoms with Gasteiger partial charge < -0.3 is 28.8 Å². The molecular weight excluding hydrogens is 432 g/mol. The van der Waals surface area contributed by atoms with Gasteiger partial charge in [0.25, 0.3) is 11.8 Å². The molecule has 0 spiro atoms. The molecule has 8 heteroatoms. The molecule has 1 saturated heterocycles. The van der Waals surface area contributed by atoms with E-state index in [1.54, 1.807) is 7.11 Å². The second kappa shape index (κ2) is 9.35. The topological polar surface area (TPSA) is 72.2 Å². The van der Waals surface area contributed by atoms with Crippen LogP contribution in [-0.4, -0.2) is 62.0 Å². The Morgan fingerprint density at radius 1 is 1.15 bits per heavy atom. The zero-order valence-electron chi connectivity index (χ0n) is 19.7. The maximum absolute atomic E-state index is 6.08. The van der Waals surface area contributed by atoms with Crippen molar-refractivity contribution < 1.29 is 18.6 Å². The quantitative estimate of drug-likeness (QED) is 0.696. The Bertz CT molecular complexity index is 1090. The molecule has 1 aliphatic carbocycles. The van der Waals surface area contributed by atoms with Crippen LogP contribution in [0.2, 0.25) is 0 Å². The summed E-state index contributed by atoms with van der Waals surface area (Å²) < 4.78 is 22.6. The van der Waals surface area contributed by atoms with Gasteiger partial charge in [0.05, 0.1) is 25.5 Å². The second-order valence-corrected chi connectivity index (χ2v) is 9.36. The van der Waals surface area contributed by atoms with Gasteiger partial charge >= 0.3 is 0 Å². The minimum atomic E-state index is 0.366. The molecule has 0 saturated carbocycles. The minimum absolute atomic E-state index is 0.366. The van der Waals surface area contributed by atoms with Gasteiger partial charge in [-0.15, -0.1) is 0 Å². The first-order chi connectivity index (χ1) is 16.8. The van der Waals surface area contributed by atoms with Crippen LogP contribution in [0.3, 0.4) is 0 Å². The van der Waals surface area contributed by atoms with Crippen LogP contribution in [0.25, 0.3) is 6.08 Å². The third-order valence-corrected chi connectivity index (χ3v) is 7.15. The van der Waals surface area contributed by atoms with Gasteiger partial charge in [0.1, 0.15) is 13.2 Å². The first kappa shape index (κ1) is 21.6. The fraction of sp³-hybridized carbons (Fsp3) is 0.500. The van der Waals surface area contributed by atoms with E-state index < -0.39 is 0 Å². The standard InChI is InChI=1S/C26H32N4O4/c1-31-24-15-19-14-18-4-2-3-5-22(18)30(26(19)34-24)17-29-10-8-20(9-11-29)27-16-21-6-7-23-25(28-21)33-13-12-32-23/h2,4,6-7,14-15,20,22,27H,3,5,8-13,16-17H2,1H3. The largest absolute Gasteiger partial charge is 0.484 e. The Labute approximate surface area is 200 Å². The van der Waals surface area contributed by atoms with Gasteiger partial charge in [-0.2, -0.15) is 0 Å². The number of ether oxygens (including phenoxy) is 3. The summed E-state index contributed by atoms with van der Waals surface area (Å²) in [6.45, 7) is 4.87. The Hall–Kier alpha value is -2.97. The minimum Gasteiger partial charge on any atom is -0.484 e. The number of pyridine rings is 1. The predicted molar refractivity (Wildman–Crippen MR) is 129 cm³/mol. The number of nitrogens with one attached hydrogen (secondary N) is 1. The highest BCUT2D eigenvalue weighted by Crippen LogP contribution is 2.41. The number of nitrogens with zero attached hydrogens (tertiary/aromatic N) is 3. The lowest BCUT2D eigenvalue weighted by Gasteiger charge is -2.42. The zero-order chi connectivity index (χ0) is 22.9. The van der Waals surface area contributed by atoms with Crippen molar-refractivity contribution in [2.75, 3.05) is 45.0 Å². The Balaban J connectivity index is 1.06. The monoisotopic (exact) mass is 464 g/mol. The molecule has 2 aromatic heterocycles. The number of rotatable bonds is 6. The molecule has 8 nitrogen and oxygen atoms in total. The highest BCUT2D eigenvalue weighted by atomic mass is 16.6. The number of anilines is 1. The third-order valence-electron chi connectivity index (χ3n) is 7.15. The average molecular weight is 465 g/mol. The fourth-order valence-corrected chi connectivity index (χ4v) is 5.33. The van der Waals surface area contributed by atoms with E-state index in [1.165, 1.54) is 5.57 Å². The highest BCUT2D eigenvalue weighted by Gasteiger charge is 2.34. The van der Waals surface area contributed by atoms with Gasteiger partial charge in [-0.05, 0) is 49.5 Å². The maximum atomic E-state index is 6.08. The van der Waals surface area contributed by atoms with Crippen molar-refractivity contribution in [2.24, 2.45) is 0 Å². The summed E-state index contributed by atoms with van der Waals surface area (Å²) in [5, 5.41) is 3.69. The molecule has 1 atom stereocenters. The Morgan fingerprint density at radius 2 is 2.03 bits per heavy atom. The first-order valence-corrected chi connectivity index (χ1v) is 12.3. The average Bonchev–Trinajstić information content (AvgIpc) is 3.31. The smallest absolute Gasteiger partial charge is 0.286 e. The van der Waals surface area contributed by atoms with Crippen molar-refractivity contribution in [1.29, 1.82) is 0 Å². The van der Waals surface area contributed by atoms with E-state index in [1.807, 2.05) is 18.2 Å². The number of fused-ring (bicyclic) bond motifs is 3. The summed E-state index contributed by atoms with van der Waals surface area (Å²) in [7, 11) is 1.66. The number of hydrogen-bond acceptors (Lipinski definition) is 8. The van der Waals surface area contributed by atoms with Crippen LogP contribution < -0.4 is 24.4 Å². The predicted octanol–water partition coefficient (Wildman–Crippen LogP) is 3.59. The van der Waals surface area contributed by atoms with Crippen LogP contribution in [0.1, 0.15) is 36.9 Å². The molecule has 4 aliphatic rings. The van der Waals surface area contributed by atoms with Gasteiger partial charge in [0, 0.05) is 37.3 Å². The first-order valence-electron chi connectivity index (χ1n) is 12.3. The summed E-state index contributed by atoms with van der Waals surface area (Å²) in [6, 6.07) is 6.83. The lowest BCUT2D eigenvalue weighted by atomic mass is 9.90. The number of aromatic nitrogens is 1. The Kier molecular flexibility index (Phi) is 5.93. The van der Waals surface area contributed by atoms with Crippen LogP contribution in [0.15, 0.2) is 40.3 Å².